The molecular formula is C17H22Cl2N2. The summed E-state index contributed by atoms with van der Waals surface area (Å²) in [5.74, 6) is 2.90. The van der Waals surface area contributed by atoms with Gasteiger partial charge in [0.05, 0.1) is 15.7 Å². The van der Waals surface area contributed by atoms with Crippen LogP contribution in [0.25, 0.3) is 0 Å². The third kappa shape index (κ3) is 3.54. The van der Waals surface area contributed by atoms with E-state index in [-0.39, 0.29) is 0 Å². The van der Waals surface area contributed by atoms with Gasteiger partial charge in [-0.1, -0.05) is 30.1 Å². The van der Waals surface area contributed by atoms with E-state index >= 15 is 0 Å². The fraction of sp³-hybridized carbons (Fsp3) is 0.588. The Kier molecular flexibility index (Phi) is 4.75. The molecule has 0 amide bonds. The molecule has 1 aromatic rings. The number of hydrogen-bond acceptors (Lipinski definition) is 1. The molecule has 114 valence electrons. The van der Waals surface area contributed by atoms with Crippen molar-refractivity contribution in [3.8, 4) is 0 Å². The van der Waals surface area contributed by atoms with Gasteiger partial charge in [-0.25, -0.2) is 4.99 Å². The first-order valence-electron chi connectivity index (χ1n) is 7.93. The Bertz CT molecular complexity index is 520. The van der Waals surface area contributed by atoms with E-state index in [4.69, 9.17) is 28.2 Å². The van der Waals surface area contributed by atoms with Crippen LogP contribution in [0.3, 0.4) is 0 Å². The number of hydrogen-bond donors (Lipinski definition) is 0. The largest absolute Gasteiger partial charge is 0.359 e. The van der Waals surface area contributed by atoms with Gasteiger partial charge in [-0.05, 0) is 55.7 Å². The highest BCUT2D eigenvalue weighted by atomic mass is 35.5. The van der Waals surface area contributed by atoms with E-state index in [1.807, 2.05) is 18.2 Å². The zero-order valence-electron chi connectivity index (χ0n) is 12.5. The monoisotopic (exact) mass is 324 g/mol. The molecule has 0 spiro atoms. The molecule has 0 atom stereocenters. The second-order valence-corrected chi connectivity index (χ2v) is 7.09. The van der Waals surface area contributed by atoms with Gasteiger partial charge in [0, 0.05) is 19.5 Å². The van der Waals surface area contributed by atoms with Crippen molar-refractivity contribution in [2.75, 3.05) is 13.1 Å². The Morgan fingerprint density at radius 2 is 1.71 bits per heavy atom. The van der Waals surface area contributed by atoms with E-state index in [0.717, 1.165) is 23.9 Å². The van der Waals surface area contributed by atoms with E-state index in [1.54, 1.807) is 0 Å². The molecule has 2 heterocycles. The molecule has 4 rings (SSSR count). The number of aliphatic imine (C=N–C) groups is 1. The predicted molar refractivity (Wildman–Crippen MR) is 90.9 cm³/mol. The summed E-state index contributed by atoms with van der Waals surface area (Å²) >= 11 is 12.1. The molecule has 3 fully saturated rings. The normalized spacial score (nSPS) is 26.0. The van der Waals surface area contributed by atoms with E-state index in [2.05, 4.69) is 11.8 Å². The molecule has 0 aromatic heterocycles. The molecule has 4 heteroatoms. The quantitative estimate of drug-likeness (QED) is 0.514. The van der Waals surface area contributed by atoms with Crippen LogP contribution in [0.4, 0.5) is 5.69 Å². The van der Waals surface area contributed by atoms with Gasteiger partial charge in [0.15, 0.2) is 0 Å². The second kappa shape index (κ2) is 6.58. The number of rotatable bonds is 2. The summed E-state index contributed by atoms with van der Waals surface area (Å²) in [6, 6.07) is 5.62. The summed E-state index contributed by atoms with van der Waals surface area (Å²) in [7, 11) is 0. The zero-order chi connectivity index (χ0) is 14.8. The standard InChI is InChI=1S/C17H22Cl2N2/c1-2-17(20-14-7-8-15(18)16(19)9-14)21-10-12-3-4-13(11-21)6-5-12/h7-9,12-13H,2-6,10-11H2,1H3. The number of nitrogens with zero attached hydrogens (tertiary/aromatic N) is 2. The van der Waals surface area contributed by atoms with Crippen LogP contribution in [0.1, 0.15) is 39.0 Å². The topological polar surface area (TPSA) is 15.6 Å². The van der Waals surface area contributed by atoms with Gasteiger partial charge in [0.1, 0.15) is 5.84 Å². The number of halogens is 2. The molecule has 1 saturated carbocycles. The maximum atomic E-state index is 6.09. The molecule has 1 aromatic carbocycles. The first-order chi connectivity index (χ1) is 10.2. The average Bonchev–Trinajstić information content (AvgIpc) is 2.81. The highest BCUT2D eigenvalue weighted by molar-refractivity contribution is 6.42. The molecule has 2 bridgehead atoms. The van der Waals surface area contributed by atoms with Gasteiger partial charge in [0.2, 0.25) is 0 Å². The van der Waals surface area contributed by atoms with Crippen LogP contribution in [0.5, 0.6) is 0 Å². The maximum Gasteiger partial charge on any atom is 0.105 e. The molecular weight excluding hydrogens is 303 g/mol. The van der Waals surface area contributed by atoms with Crippen molar-refractivity contribution >= 4 is 34.7 Å². The predicted octanol–water partition coefficient (Wildman–Crippen LogP) is 5.56. The number of fused-ring (bicyclic) bond motifs is 4. The summed E-state index contributed by atoms with van der Waals surface area (Å²) in [6.07, 6.45) is 6.53. The second-order valence-electron chi connectivity index (χ2n) is 6.27. The summed E-state index contributed by atoms with van der Waals surface area (Å²) in [5, 5.41) is 1.16. The van der Waals surface area contributed by atoms with Crippen molar-refractivity contribution in [1.82, 2.24) is 4.90 Å². The highest BCUT2D eigenvalue weighted by Crippen LogP contribution is 2.34. The SMILES string of the molecule is CCC(=Nc1ccc(Cl)c(Cl)c1)N1CC2CCC(CC2)C1. The van der Waals surface area contributed by atoms with E-state index in [9.17, 15) is 0 Å². The van der Waals surface area contributed by atoms with E-state index in [0.29, 0.717) is 10.0 Å². The Morgan fingerprint density at radius 3 is 2.24 bits per heavy atom. The van der Waals surface area contributed by atoms with Crippen molar-refractivity contribution in [2.24, 2.45) is 16.8 Å². The first-order valence-corrected chi connectivity index (χ1v) is 8.69. The highest BCUT2D eigenvalue weighted by Gasteiger charge is 2.30. The van der Waals surface area contributed by atoms with Crippen LogP contribution < -0.4 is 0 Å². The lowest BCUT2D eigenvalue weighted by atomic mass is 9.84. The van der Waals surface area contributed by atoms with Gasteiger partial charge >= 0.3 is 0 Å². The van der Waals surface area contributed by atoms with Gasteiger partial charge in [-0.15, -0.1) is 0 Å². The van der Waals surface area contributed by atoms with Crippen LogP contribution in [0.2, 0.25) is 10.0 Å². The minimum absolute atomic E-state index is 0.573. The van der Waals surface area contributed by atoms with E-state index in [1.165, 1.54) is 44.6 Å². The fourth-order valence-corrected chi connectivity index (χ4v) is 3.87. The van der Waals surface area contributed by atoms with Crippen molar-refractivity contribution < 1.29 is 0 Å². The third-order valence-corrected chi connectivity index (χ3v) is 5.51. The fourth-order valence-electron chi connectivity index (χ4n) is 3.58. The Hall–Kier alpha value is -0.730. The average molecular weight is 325 g/mol. The van der Waals surface area contributed by atoms with Crippen molar-refractivity contribution in [2.45, 2.75) is 39.0 Å². The molecule has 2 saturated heterocycles. The summed E-state index contributed by atoms with van der Waals surface area (Å²) in [5.41, 5.74) is 0.901. The van der Waals surface area contributed by atoms with Crippen molar-refractivity contribution in [3.63, 3.8) is 0 Å². The molecule has 0 radical (unpaired) electrons. The van der Waals surface area contributed by atoms with Gasteiger partial charge in [-0.3, -0.25) is 0 Å². The minimum Gasteiger partial charge on any atom is -0.359 e. The van der Waals surface area contributed by atoms with E-state index < -0.39 is 0 Å². The Balaban J connectivity index is 1.83. The molecule has 0 unspecified atom stereocenters. The summed E-state index contributed by atoms with van der Waals surface area (Å²) in [4.78, 5) is 7.35. The number of benzene rings is 1. The molecule has 2 nitrogen and oxygen atoms in total. The molecule has 1 aliphatic carbocycles. The van der Waals surface area contributed by atoms with Crippen LogP contribution in [0, 0.1) is 11.8 Å². The van der Waals surface area contributed by atoms with Gasteiger partial charge in [-0.2, -0.15) is 0 Å². The Labute approximate surface area is 137 Å². The lowest BCUT2D eigenvalue weighted by molar-refractivity contribution is 0.326. The number of amidine groups is 1. The molecule has 0 N–H and O–H groups in total. The lowest BCUT2D eigenvalue weighted by Crippen LogP contribution is -2.34. The maximum absolute atomic E-state index is 6.09. The summed E-state index contributed by atoms with van der Waals surface area (Å²) in [6.45, 7) is 4.53. The summed E-state index contributed by atoms with van der Waals surface area (Å²) < 4.78 is 0. The van der Waals surface area contributed by atoms with Crippen LogP contribution in [0.15, 0.2) is 23.2 Å². The van der Waals surface area contributed by atoms with Crippen molar-refractivity contribution in [1.29, 1.82) is 0 Å². The van der Waals surface area contributed by atoms with Crippen LogP contribution >= 0.6 is 23.2 Å². The first kappa shape index (κ1) is 15.2. The van der Waals surface area contributed by atoms with Gasteiger partial charge in [0.25, 0.3) is 0 Å². The lowest BCUT2D eigenvalue weighted by Gasteiger charge is -2.26. The molecule has 3 aliphatic rings. The third-order valence-electron chi connectivity index (χ3n) is 4.77. The van der Waals surface area contributed by atoms with Crippen LogP contribution in [-0.2, 0) is 0 Å². The van der Waals surface area contributed by atoms with Gasteiger partial charge < -0.3 is 4.90 Å². The van der Waals surface area contributed by atoms with Crippen molar-refractivity contribution in [3.05, 3.63) is 28.2 Å². The smallest absolute Gasteiger partial charge is 0.105 e. The zero-order valence-corrected chi connectivity index (χ0v) is 14.0. The molecule has 21 heavy (non-hydrogen) atoms. The Morgan fingerprint density at radius 1 is 1.10 bits per heavy atom. The minimum atomic E-state index is 0.573. The molecule has 2 aliphatic heterocycles. The van der Waals surface area contributed by atoms with Crippen LogP contribution in [-0.4, -0.2) is 23.8 Å².